The topological polar surface area (TPSA) is 71.0 Å². The van der Waals surface area contributed by atoms with Crippen molar-refractivity contribution in [2.75, 3.05) is 11.4 Å². The molecular formula is C17H21N5O. The second kappa shape index (κ2) is 6.32. The third kappa shape index (κ3) is 3.16. The van der Waals surface area contributed by atoms with Crippen molar-refractivity contribution in [3.63, 3.8) is 0 Å². The van der Waals surface area contributed by atoms with Crippen LogP contribution in [-0.4, -0.2) is 27.9 Å². The normalized spacial score (nSPS) is 16.8. The first-order valence-electron chi connectivity index (χ1n) is 7.82. The number of aryl methyl sites for hydroxylation is 2. The number of fused-ring (bicyclic) bond motifs is 1. The third-order valence-electron chi connectivity index (χ3n) is 4.18. The zero-order chi connectivity index (χ0) is 16.4. The standard InChI is InChI=1S/C17H21N5O/c1-11-6-12(2)20-17(7-11)22-5-4-15-14(13(22)3)8-19-16(21-15)9-18-10-23/h6-8,10,13H,4-5,9H2,1-3H3,(H,18,23). The molecular weight excluding hydrogens is 290 g/mol. The average Bonchev–Trinajstić information content (AvgIpc) is 2.52. The number of aromatic nitrogens is 3. The highest BCUT2D eigenvalue weighted by molar-refractivity contribution is 5.48. The smallest absolute Gasteiger partial charge is 0.207 e. The van der Waals surface area contributed by atoms with E-state index in [1.54, 1.807) is 0 Å². The molecule has 3 heterocycles. The summed E-state index contributed by atoms with van der Waals surface area (Å²) in [6.45, 7) is 7.52. The Morgan fingerprint density at radius 3 is 2.91 bits per heavy atom. The number of hydrogen-bond acceptors (Lipinski definition) is 5. The molecule has 1 unspecified atom stereocenters. The summed E-state index contributed by atoms with van der Waals surface area (Å²) >= 11 is 0. The molecule has 0 aromatic carbocycles. The van der Waals surface area contributed by atoms with Gasteiger partial charge in [0.2, 0.25) is 6.41 Å². The van der Waals surface area contributed by atoms with Gasteiger partial charge in [0.05, 0.1) is 18.3 Å². The minimum Gasteiger partial charge on any atom is -0.351 e. The zero-order valence-electron chi connectivity index (χ0n) is 13.7. The number of nitrogens with zero attached hydrogens (tertiary/aromatic N) is 4. The maximum atomic E-state index is 10.4. The molecule has 1 atom stereocenters. The molecule has 0 fully saturated rings. The van der Waals surface area contributed by atoms with Crippen LogP contribution in [0.1, 0.15) is 41.3 Å². The quantitative estimate of drug-likeness (QED) is 0.873. The van der Waals surface area contributed by atoms with Crippen LogP contribution in [0.15, 0.2) is 18.3 Å². The monoisotopic (exact) mass is 311 g/mol. The van der Waals surface area contributed by atoms with E-state index in [0.29, 0.717) is 18.8 Å². The van der Waals surface area contributed by atoms with E-state index in [4.69, 9.17) is 0 Å². The van der Waals surface area contributed by atoms with E-state index in [2.05, 4.69) is 51.1 Å². The highest BCUT2D eigenvalue weighted by Crippen LogP contribution is 2.31. The van der Waals surface area contributed by atoms with Crippen LogP contribution in [0.5, 0.6) is 0 Å². The van der Waals surface area contributed by atoms with Gasteiger partial charge in [-0.05, 0) is 38.5 Å². The Hall–Kier alpha value is -2.50. The van der Waals surface area contributed by atoms with Crippen LogP contribution in [0.4, 0.5) is 5.82 Å². The molecule has 2 aromatic heterocycles. The molecule has 23 heavy (non-hydrogen) atoms. The van der Waals surface area contributed by atoms with E-state index < -0.39 is 0 Å². The van der Waals surface area contributed by atoms with E-state index in [1.165, 1.54) is 5.56 Å². The van der Waals surface area contributed by atoms with Gasteiger partial charge in [-0.2, -0.15) is 0 Å². The summed E-state index contributed by atoms with van der Waals surface area (Å²) in [5.41, 5.74) is 4.45. The summed E-state index contributed by atoms with van der Waals surface area (Å²) in [5, 5.41) is 2.60. The highest BCUT2D eigenvalue weighted by Gasteiger charge is 2.26. The van der Waals surface area contributed by atoms with Crippen LogP contribution < -0.4 is 10.2 Å². The average molecular weight is 311 g/mol. The molecule has 0 saturated heterocycles. The summed E-state index contributed by atoms with van der Waals surface area (Å²) in [5.74, 6) is 1.66. The van der Waals surface area contributed by atoms with Crippen molar-refractivity contribution >= 4 is 12.2 Å². The van der Waals surface area contributed by atoms with Crippen LogP contribution in [0, 0.1) is 13.8 Å². The van der Waals surface area contributed by atoms with Gasteiger partial charge in [-0.25, -0.2) is 15.0 Å². The third-order valence-corrected chi connectivity index (χ3v) is 4.18. The van der Waals surface area contributed by atoms with Gasteiger partial charge in [-0.3, -0.25) is 4.79 Å². The summed E-state index contributed by atoms with van der Waals surface area (Å²) in [6.07, 6.45) is 3.40. The first-order valence-corrected chi connectivity index (χ1v) is 7.82. The van der Waals surface area contributed by atoms with E-state index in [0.717, 1.165) is 35.7 Å². The summed E-state index contributed by atoms with van der Waals surface area (Å²) < 4.78 is 0. The van der Waals surface area contributed by atoms with Gasteiger partial charge in [-0.1, -0.05) is 0 Å². The molecule has 0 spiro atoms. The largest absolute Gasteiger partial charge is 0.351 e. The number of amides is 1. The van der Waals surface area contributed by atoms with Crippen LogP contribution in [0.3, 0.4) is 0 Å². The van der Waals surface area contributed by atoms with Gasteiger partial charge in [-0.15, -0.1) is 0 Å². The fourth-order valence-corrected chi connectivity index (χ4v) is 3.10. The minimum absolute atomic E-state index is 0.181. The summed E-state index contributed by atoms with van der Waals surface area (Å²) in [6, 6.07) is 4.39. The second-order valence-corrected chi connectivity index (χ2v) is 5.95. The molecule has 0 saturated carbocycles. The maximum Gasteiger partial charge on any atom is 0.207 e. The molecule has 6 heteroatoms. The molecule has 3 rings (SSSR count). The molecule has 6 nitrogen and oxygen atoms in total. The molecule has 2 aromatic rings. The van der Waals surface area contributed by atoms with Crippen molar-refractivity contribution in [2.24, 2.45) is 0 Å². The van der Waals surface area contributed by atoms with Gasteiger partial charge in [0.1, 0.15) is 11.6 Å². The Kier molecular flexibility index (Phi) is 4.23. The number of pyridine rings is 1. The van der Waals surface area contributed by atoms with Crippen molar-refractivity contribution in [2.45, 2.75) is 39.8 Å². The van der Waals surface area contributed by atoms with Crippen LogP contribution in [0.2, 0.25) is 0 Å². The fraction of sp³-hybridized carbons (Fsp3) is 0.412. The van der Waals surface area contributed by atoms with Crippen molar-refractivity contribution in [1.29, 1.82) is 0 Å². The van der Waals surface area contributed by atoms with Gasteiger partial charge < -0.3 is 10.2 Å². The second-order valence-electron chi connectivity index (χ2n) is 5.95. The Balaban J connectivity index is 1.88. The van der Waals surface area contributed by atoms with Gasteiger partial charge in [0, 0.05) is 30.4 Å². The highest BCUT2D eigenvalue weighted by atomic mass is 16.1. The lowest BCUT2D eigenvalue weighted by Gasteiger charge is -2.35. The Morgan fingerprint density at radius 1 is 1.35 bits per heavy atom. The van der Waals surface area contributed by atoms with Gasteiger partial charge in [0.15, 0.2) is 0 Å². The number of nitrogens with one attached hydrogen (secondary N) is 1. The Bertz CT molecular complexity index is 711. The molecule has 0 radical (unpaired) electrons. The van der Waals surface area contributed by atoms with Crippen molar-refractivity contribution in [1.82, 2.24) is 20.3 Å². The van der Waals surface area contributed by atoms with Crippen LogP contribution in [0.25, 0.3) is 0 Å². The number of carbonyl (C=O) groups is 1. The number of carbonyl (C=O) groups excluding carboxylic acids is 1. The molecule has 1 amide bonds. The lowest BCUT2D eigenvalue weighted by atomic mass is 9.99. The van der Waals surface area contributed by atoms with Crippen molar-refractivity contribution in [3.05, 3.63) is 46.7 Å². The molecule has 0 aliphatic carbocycles. The Labute approximate surface area is 136 Å². The molecule has 1 aliphatic heterocycles. The predicted octanol–water partition coefficient (Wildman–Crippen LogP) is 1.86. The first-order chi connectivity index (χ1) is 11.1. The lowest BCUT2D eigenvalue weighted by Crippen LogP contribution is -2.35. The Morgan fingerprint density at radius 2 is 2.17 bits per heavy atom. The number of hydrogen-bond donors (Lipinski definition) is 1. The first kappa shape index (κ1) is 15.4. The summed E-state index contributed by atoms with van der Waals surface area (Å²) in [4.78, 5) is 26.3. The molecule has 0 bridgehead atoms. The lowest BCUT2D eigenvalue weighted by molar-refractivity contribution is -0.109. The summed E-state index contributed by atoms with van der Waals surface area (Å²) in [7, 11) is 0. The minimum atomic E-state index is 0.181. The van der Waals surface area contributed by atoms with Crippen LogP contribution in [-0.2, 0) is 17.8 Å². The predicted molar refractivity (Wildman–Crippen MR) is 88.1 cm³/mol. The fourth-order valence-electron chi connectivity index (χ4n) is 3.10. The zero-order valence-corrected chi connectivity index (χ0v) is 13.7. The van der Waals surface area contributed by atoms with E-state index in [-0.39, 0.29) is 6.04 Å². The van der Waals surface area contributed by atoms with Crippen LogP contribution >= 0.6 is 0 Å². The molecule has 1 aliphatic rings. The van der Waals surface area contributed by atoms with Crippen molar-refractivity contribution < 1.29 is 4.79 Å². The SMILES string of the molecule is Cc1cc(C)nc(N2CCc3nc(CNC=O)ncc3C2C)c1. The van der Waals surface area contributed by atoms with E-state index in [9.17, 15) is 4.79 Å². The van der Waals surface area contributed by atoms with Gasteiger partial charge >= 0.3 is 0 Å². The van der Waals surface area contributed by atoms with Crippen molar-refractivity contribution in [3.8, 4) is 0 Å². The number of anilines is 1. The maximum absolute atomic E-state index is 10.4. The van der Waals surface area contributed by atoms with E-state index >= 15 is 0 Å². The molecule has 120 valence electrons. The van der Waals surface area contributed by atoms with E-state index in [1.807, 2.05) is 13.1 Å². The number of rotatable bonds is 4. The van der Waals surface area contributed by atoms with Gasteiger partial charge in [0.25, 0.3) is 0 Å². The molecule has 1 N–H and O–H groups in total.